The van der Waals surface area contributed by atoms with E-state index in [-0.39, 0.29) is 12.1 Å². The average Bonchev–Trinajstić information content (AvgIpc) is 3.22. The molecule has 166 valence electrons. The second kappa shape index (κ2) is 9.65. The summed E-state index contributed by atoms with van der Waals surface area (Å²) in [5, 5.41) is 10.9. The van der Waals surface area contributed by atoms with Crippen molar-refractivity contribution in [2.24, 2.45) is 0 Å². The number of aromatic nitrogens is 1. The lowest BCUT2D eigenvalue weighted by Crippen LogP contribution is -2.54. The Morgan fingerprint density at radius 1 is 0.806 bits per heavy atom. The lowest BCUT2D eigenvalue weighted by Gasteiger charge is -2.40. The third-order valence-corrected chi connectivity index (χ3v) is 7.37. The molecule has 5 rings (SSSR count). The summed E-state index contributed by atoms with van der Waals surface area (Å²) < 4.78 is 0. The highest BCUT2D eigenvalue weighted by Crippen LogP contribution is 2.26. The number of aliphatic hydroxyl groups excluding tert-OH is 1. The van der Waals surface area contributed by atoms with Gasteiger partial charge in [-0.15, -0.1) is 0 Å². The van der Waals surface area contributed by atoms with Crippen molar-refractivity contribution in [1.29, 1.82) is 0 Å². The highest BCUT2D eigenvalue weighted by atomic mass is 16.3. The zero-order valence-electron chi connectivity index (χ0n) is 18.4. The summed E-state index contributed by atoms with van der Waals surface area (Å²) in [5.74, 6) is 1.07. The molecule has 6 heteroatoms. The summed E-state index contributed by atoms with van der Waals surface area (Å²) >= 11 is 0. The van der Waals surface area contributed by atoms with Gasteiger partial charge in [0.15, 0.2) is 0 Å². The molecule has 0 saturated carbocycles. The van der Waals surface area contributed by atoms with Crippen molar-refractivity contribution in [3.63, 3.8) is 0 Å². The highest BCUT2D eigenvalue weighted by Gasteiger charge is 2.40. The molecule has 0 amide bonds. The van der Waals surface area contributed by atoms with Crippen LogP contribution in [0.4, 0.5) is 5.82 Å². The lowest BCUT2D eigenvalue weighted by atomic mass is 10.0. The SMILES string of the molecule is O[C@@H]1CN(C2CCN(Cc3ccccc3)CC2)C[C@H]1N1CCN(c2ccccn2)CC1. The topological polar surface area (TPSA) is 46.1 Å². The third kappa shape index (κ3) is 4.93. The maximum Gasteiger partial charge on any atom is 0.128 e. The molecule has 0 aliphatic carbocycles. The fourth-order valence-corrected chi connectivity index (χ4v) is 5.56. The Balaban J connectivity index is 1.10. The van der Waals surface area contributed by atoms with E-state index in [4.69, 9.17) is 0 Å². The summed E-state index contributed by atoms with van der Waals surface area (Å²) in [6, 6.07) is 17.8. The van der Waals surface area contributed by atoms with Gasteiger partial charge in [0.05, 0.1) is 6.10 Å². The van der Waals surface area contributed by atoms with Crippen LogP contribution in [0.25, 0.3) is 0 Å². The van der Waals surface area contributed by atoms with Gasteiger partial charge >= 0.3 is 0 Å². The summed E-state index contributed by atoms with van der Waals surface area (Å²) in [7, 11) is 0. The van der Waals surface area contributed by atoms with E-state index in [2.05, 4.69) is 67.0 Å². The van der Waals surface area contributed by atoms with Crippen molar-refractivity contribution in [3.05, 3.63) is 60.3 Å². The Morgan fingerprint density at radius 3 is 2.26 bits per heavy atom. The van der Waals surface area contributed by atoms with Crippen LogP contribution in [-0.4, -0.2) is 95.3 Å². The fourth-order valence-electron chi connectivity index (χ4n) is 5.56. The van der Waals surface area contributed by atoms with Crippen molar-refractivity contribution in [2.75, 3.05) is 57.3 Å². The van der Waals surface area contributed by atoms with Crippen LogP contribution in [0.5, 0.6) is 0 Å². The van der Waals surface area contributed by atoms with E-state index in [1.165, 1.54) is 18.4 Å². The molecule has 4 heterocycles. The summed E-state index contributed by atoms with van der Waals surface area (Å²) in [6.07, 6.45) is 4.05. The molecule has 2 atom stereocenters. The molecule has 3 aliphatic heterocycles. The molecule has 1 aromatic heterocycles. The first-order chi connectivity index (χ1) is 15.3. The second-order valence-corrected chi connectivity index (χ2v) is 9.29. The molecule has 1 aromatic carbocycles. The van der Waals surface area contributed by atoms with E-state index >= 15 is 0 Å². The zero-order chi connectivity index (χ0) is 21.0. The van der Waals surface area contributed by atoms with Gasteiger partial charge in [0, 0.05) is 64.1 Å². The highest BCUT2D eigenvalue weighted by molar-refractivity contribution is 5.38. The number of piperazine rings is 1. The second-order valence-electron chi connectivity index (χ2n) is 9.29. The number of anilines is 1. The summed E-state index contributed by atoms with van der Waals surface area (Å²) in [4.78, 5) is 14.5. The van der Waals surface area contributed by atoms with Gasteiger partial charge in [0.1, 0.15) is 5.82 Å². The lowest BCUT2D eigenvalue weighted by molar-refractivity contribution is 0.0785. The molecule has 31 heavy (non-hydrogen) atoms. The molecular formula is C25H35N5O. The number of likely N-dealkylation sites (tertiary alicyclic amines) is 2. The van der Waals surface area contributed by atoms with Gasteiger partial charge in [0.25, 0.3) is 0 Å². The molecule has 0 unspecified atom stereocenters. The number of piperidine rings is 1. The maximum atomic E-state index is 10.9. The Kier molecular flexibility index (Phi) is 6.50. The van der Waals surface area contributed by atoms with E-state index in [1.54, 1.807) is 0 Å². The Hall–Kier alpha value is -1.99. The summed E-state index contributed by atoms with van der Waals surface area (Å²) in [6.45, 7) is 9.17. The first-order valence-corrected chi connectivity index (χ1v) is 11.8. The molecular weight excluding hydrogens is 386 g/mol. The molecule has 0 spiro atoms. The number of nitrogens with zero attached hydrogens (tertiary/aromatic N) is 5. The van der Waals surface area contributed by atoms with E-state index in [9.17, 15) is 5.11 Å². The van der Waals surface area contributed by atoms with Gasteiger partial charge in [-0.25, -0.2) is 4.98 Å². The molecule has 2 aromatic rings. The number of hydrogen-bond acceptors (Lipinski definition) is 6. The number of pyridine rings is 1. The number of rotatable bonds is 5. The molecule has 3 saturated heterocycles. The van der Waals surface area contributed by atoms with E-state index in [0.717, 1.165) is 64.7 Å². The van der Waals surface area contributed by atoms with Crippen LogP contribution in [0.2, 0.25) is 0 Å². The first kappa shape index (κ1) is 20.9. The molecule has 1 N–H and O–H groups in total. The van der Waals surface area contributed by atoms with Gasteiger partial charge in [-0.05, 0) is 43.6 Å². The molecule has 3 fully saturated rings. The van der Waals surface area contributed by atoms with Crippen molar-refractivity contribution in [1.82, 2.24) is 19.7 Å². The number of benzene rings is 1. The Bertz CT molecular complexity index is 803. The van der Waals surface area contributed by atoms with E-state index in [1.807, 2.05) is 12.3 Å². The predicted molar refractivity (Wildman–Crippen MR) is 124 cm³/mol. The van der Waals surface area contributed by atoms with Crippen LogP contribution in [0.3, 0.4) is 0 Å². The van der Waals surface area contributed by atoms with Crippen molar-refractivity contribution >= 4 is 5.82 Å². The minimum Gasteiger partial charge on any atom is -0.390 e. The maximum absolute atomic E-state index is 10.9. The van der Waals surface area contributed by atoms with Gasteiger partial charge in [-0.2, -0.15) is 0 Å². The summed E-state index contributed by atoms with van der Waals surface area (Å²) in [5.41, 5.74) is 1.41. The minimum atomic E-state index is -0.233. The van der Waals surface area contributed by atoms with Gasteiger partial charge in [-0.1, -0.05) is 36.4 Å². The van der Waals surface area contributed by atoms with Crippen LogP contribution in [-0.2, 0) is 6.54 Å². The number of β-amino-alcohol motifs (C(OH)–C–C–N with tert-alkyl or cyclic N) is 1. The quantitative estimate of drug-likeness (QED) is 0.796. The third-order valence-electron chi connectivity index (χ3n) is 7.37. The van der Waals surface area contributed by atoms with Gasteiger partial charge in [0.2, 0.25) is 0 Å². The van der Waals surface area contributed by atoms with Crippen molar-refractivity contribution in [3.8, 4) is 0 Å². The molecule has 0 bridgehead atoms. The van der Waals surface area contributed by atoms with Crippen molar-refractivity contribution < 1.29 is 5.11 Å². The van der Waals surface area contributed by atoms with Crippen LogP contribution in [0.15, 0.2) is 54.7 Å². The number of hydrogen-bond donors (Lipinski definition) is 1. The smallest absolute Gasteiger partial charge is 0.128 e. The van der Waals surface area contributed by atoms with Gasteiger partial charge < -0.3 is 10.0 Å². The van der Waals surface area contributed by atoms with Crippen molar-refractivity contribution in [2.45, 2.75) is 37.6 Å². The standard InChI is InChI=1S/C25H35N5O/c31-24-20-30(22-9-12-27(13-10-22)18-21-6-2-1-3-7-21)19-23(24)28-14-16-29(17-15-28)25-8-4-5-11-26-25/h1-8,11,22-24,31H,9-10,12-20H2/t23-,24-/m1/s1. The number of aliphatic hydroxyl groups is 1. The Labute approximate surface area is 186 Å². The largest absolute Gasteiger partial charge is 0.390 e. The monoisotopic (exact) mass is 421 g/mol. The average molecular weight is 422 g/mol. The first-order valence-electron chi connectivity index (χ1n) is 11.8. The van der Waals surface area contributed by atoms with Gasteiger partial charge in [-0.3, -0.25) is 14.7 Å². The molecule has 6 nitrogen and oxygen atoms in total. The normalized spacial score (nSPS) is 27.1. The van der Waals surface area contributed by atoms with Crippen LogP contribution in [0.1, 0.15) is 18.4 Å². The molecule has 3 aliphatic rings. The van der Waals surface area contributed by atoms with Crippen LogP contribution >= 0.6 is 0 Å². The fraction of sp³-hybridized carbons (Fsp3) is 0.560. The van der Waals surface area contributed by atoms with E-state index < -0.39 is 0 Å². The Morgan fingerprint density at radius 2 is 1.55 bits per heavy atom. The van der Waals surface area contributed by atoms with Crippen LogP contribution in [0, 0.1) is 0 Å². The van der Waals surface area contributed by atoms with Crippen LogP contribution < -0.4 is 4.90 Å². The predicted octanol–water partition coefficient (Wildman–Crippen LogP) is 1.91. The van der Waals surface area contributed by atoms with E-state index in [0.29, 0.717) is 6.04 Å². The minimum absolute atomic E-state index is 0.233. The zero-order valence-corrected chi connectivity index (χ0v) is 18.4. The molecule has 0 radical (unpaired) electrons.